The second-order valence-electron chi connectivity index (χ2n) is 7.53. The number of benzene rings is 1. The Bertz CT molecular complexity index is 551. The molecule has 3 rings (SSSR count). The van der Waals surface area contributed by atoms with E-state index in [9.17, 15) is 4.79 Å². The summed E-state index contributed by atoms with van der Waals surface area (Å²) in [4.78, 5) is 12.3. The van der Waals surface area contributed by atoms with Crippen LogP contribution in [0.25, 0.3) is 0 Å². The highest BCUT2D eigenvalue weighted by Crippen LogP contribution is 2.65. The molecule has 1 amide bonds. The van der Waals surface area contributed by atoms with Crippen LogP contribution in [0.5, 0.6) is 0 Å². The minimum absolute atomic E-state index is 0.131. The Kier molecular flexibility index (Phi) is 3.56. The Morgan fingerprint density at radius 3 is 2.48 bits per heavy atom. The fraction of sp³-hybridized carbons (Fsp3) is 0.611. The molecule has 2 bridgehead atoms. The van der Waals surface area contributed by atoms with Crippen molar-refractivity contribution in [1.82, 2.24) is 5.32 Å². The fourth-order valence-electron chi connectivity index (χ4n) is 4.46. The first-order valence-corrected chi connectivity index (χ1v) is 8.24. The van der Waals surface area contributed by atoms with Crippen molar-refractivity contribution in [1.29, 1.82) is 0 Å². The van der Waals surface area contributed by atoms with Gasteiger partial charge in [-0.1, -0.05) is 44.5 Å². The number of amides is 1. The molecule has 1 N–H and O–H groups in total. The van der Waals surface area contributed by atoms with Crippen LogP contribution in [0.2, 0.25) is 5.02 Å². The van der Waals surface area contributed by atoms with Crippen molar-refractivity contribution in [2.45, 2.75) is 52.5 Å². The minimum Gasteiger partial charge on any atom is -0.353 e. The van der Waals surface area contributed by atoms with E-state index >= 15 is 0 Å². The topological polar surface area (TPSA) is 29.1 Å². The third kappa shape index (κ3) is 2.38. The van der Waals surface area contributed by atoms with Crippen molar-refractivity contribution in [3.05, 3.63) is 34.9 Å². The Morgan fingerprint density at radius 1 is 1.29 bits per heavy atom. The van der Waals surface area contributed by atoms with E-state index in [1.807, 2.05) is 24.3 Å². The van der Waals surface area contributed by atoms with E-state index in [4.69, 9.17) is 11.6 Å². The fourth-order valence-corrected chi connectivity index (χ4v) is 4.58. The monoisotopic (exact) mass is 305 g/mol. The molecule has 114 valence electrons. The number of halogens is 1. The van der Waals surface area contributed by atoms with Gasteiger partial charge in [-0.25, -0.2) is 0 Å². The lowest BCUT2D eigenvalue weighted by molar-refractivity contribution is -0.122. The summed E-state index contributed by atoms with van der Waals surface area (Å²) in [7, 11) is 0. The summed E-state index contributed by atoms with van der Waals surface area (Å²) in [6.07, 6.45) is 4.12. The Labute approximate surface area is 132 Å². The molecule has 1 aromatic rings. The number of carbonyl (C=O) groups is 1. The maximum atomic E-state index is 12.3. The van der Waals surface area contributed by atoms with Crippen molar-refractivity contribution >= 4 is 17.5 Å². The van der Waals surface area contributed by atoms with Crippen LogP contribution < -0.4 is 5.32 Å². The molecular weight excluding hydrogens is 282 g/mol. The molecule has 0 radical (unpaired) electrons. The van der Waals surface area contributed by atoms with E-state index in [0.717, 1.165) is 17.9 Å². The quantitative estimate of drug-likeness (QED) is 0.890. The van der Waals surface area contributed by atoms with Crippen LogP contribution in [0.1, 0.15) is 45.6 Å². The summed E-state index contributed by atoms with van der Waals surface area (Å²) < 4.78 is 0. The summed E-state index contributed by atoms with van der Waals surface area (Å²) >= 11 is 5.88. The van der Waals surface area contributed by atoms with Crippen LogP contribution >= 0.6 is 11.6 Å². The molecule has 2 nitrogen and oxygen atoms in total. The maximum Gasteiger partial charge on any atom is 0.224 e. The summed E-state index contributed by atoms with van der Waals surface area (Å²) in [5.74, 6) is 0.884. The summed E-state index contributed by atoms with van der Waals surface area (Å²) in [6.45, 7) is 7.10. The molecule has 0 aromatic heterocycles. The zero-order valence-electron chi connectivity index (χ0n) is 13.1. The van der Waals surface area contributed by atoms with Crippen LogP contribution in [0.15, 0.2) is 24.3 Å². The van der Waals surface area contributed by atoms with Gasteiger partial charge in [0.1, 0.15) is 0 Å². The zero-order valence-corrected chi connectivity index (χ0v) is 13.8. The molecule has 3 unspecified atom stereocenters. The number of rotatable bonds is 3. The van der Waals surface area contributed by atoms with Crippen molar-refractivity contribution in [3.63, 3.8) is 0 Å². The Hall–Kier alpha value is -1.02. The number of nitrogens with one attached hydrogen (secondary N) is 1. The van der Waals surface area contributed by atoms with E-state index in [1.54, 1.807) is 0 Å². The average Bonchev–Trinajstić information content (AvgIpc) is 2.74. The third-order valence-electron chi connectivity index (χ3n) is 6.41. The molecule has 1 aromatic carbocycles. The maximum absolute atomic E-state index is 12.3. The molecule has 2 saturated carbocycles. The highest BCUT2D eigenvalue weighted by Gasteiger charge is 2.61. The average molecular weight is 306 g/mol. The molecule has 21 heavy (non-hydrogen) atoms. The van der Waals surface area contributed by atoms with E-state index in [2.05, 4.69) is 26.1 Å². The molecule has 2 aliphatic rings. The SMILES string of the molecule is CC1(C)C2CCC1(C)C(NC(=O)Cc1ccc(Cl)cc1)C2. The van der Waals surface area contributed by atoms with Crippen LogP contribution in [-0.4, -0.2) is 11.9 Å². The molecule has 3 atom stereocenters. The molecule has 0 spiro atoms. The van der Waals surface area contributed by atoms with Gasteiger partial charge in [-0.3, -0.25) is 4.79 Å². The van der Waals surface area contributed by atoms with Gasteiger partial charge in [-0.2, -0.15) is 0 Å². The molecule has 0 saturated heterocycles. The van der Waals surface area contributed by atoms with Gasteiger partial charge in [0.15, 0.2) is 0 Å². The second kappa shape index (κ2) is 5.01. The minimum atomic E-state index is 0.131. The van der Waals surface area contributed by atoms with Gasteiger partial charge in [-0.05, 0) is 53.7 Å². The van der Waals surface area contributed by atoms with Gasteiger partial charge >= 0.3 is 0 Å². The predicted octanol–water partition coefficient (Wildman–Crippen LogP) is 4.21. The molecule has 3 heteroatoms. The molecule has 0 aliphatic heterocycles. The largest absolute Gasteiger partial charge is 0.353 e. The van der Waals surface area contributed by atoms with Gasteiger partial charge in [0.05, 0.1) is 6.42 Å². The predicted molar refractivity (Wildman–Crippen MR) is 86.3 cm³/mol. The normalized spacial score (nSPS) is 33.1. The Morgan fingerprint density at radius 2 is 1.95 bits per heavy atom. The molecule has 2 fully saturated rings. The van der Waals surface area contributed by atoms with Crippen LogP contribution in [0, 0.1) is 16.7 Å². The highest BCUT2D eigenvalue weighted by molar-refractivity contribution is 6.30. The highest BCUT2D eigenvalue weighted by atomic mass is 35.5. The second-order valence-corrected chi connectivity index (χ2v) is 7.97. The summed E-state index contributed by atoms with van der Waals surface area (Å²) in [6, 6.07) is 7.85. The van der Waals surface area contributed by atoms with E-state index in [0.29, 0.717) is 22.9 Å². The lowest BCUT2D eigenvalue weighted by Gasteiger charge is -2.39. The van der Waals surface area contributed by atoms with Crippen LogP contribution in [0.3, 0.4) is 0 Å². The van der Waals surface area contributed by atoms with Crippen molar-refractivity contribution < 1.29 is 4.79 Å². The van der Waals surface area contributed by atoms with Crippen molar-refractivity contribution in [2.24, 2.45) is 16.7 Å². The lowest BCUT2D eigenvalue weighted by atomic mass is 9.69. The Balaban J connectivity index is 1.65. The van der Waals surface area contributed by atoms with Gasteiger partial charge in [0.25, 0.3) is 0 Å². The van der Waals surface area contributed by atoms with Crippen molar-refractivity contribution in [3.8, 4) is 0 Å². The van der Waals surface area contributed by atoms with E-state index < -0.39 is 0 Å². The number of carbonyl (C=O) groups excluding carboxylic acids is 1. The van der Waals surface area contributed by atoms with Gasteiger partial charge in [0.2, 0.25) is 5.91 Å². The molecular formula is C18H24ClNO. The smallest absolute Gasteiger partial charge is 0.224 e. The van der Waals surface area contributed by atoms with E-state index in [-0.39, 0.29) is 11.3 Å². The van der Waals surface area contributed by atoms with Crippen LogP contribution in [-0.2, 0) is 11.2 Å². The standard InChI is InChI=1S/C18H24ClNO/c1-17(2)13-8-9-18(17,3)15(11-13)20-16(21)10-12-4-6-14(19)7-5-12/h4-7,13,15H,8-11H2,1-3H3,(H,20,21). The molecule has 0 heterocycles. The third-order valence-corrected chi connectivity index (χ3v) is 6.66. The number of hydrogen-bond donors (Lipinski definition) is 1. The zero-order chi connectivity index (χ0) is 15.3. The van der Waals surface area contributed by atoms with Gasteiger partial charge < -0.3 is 5.32 Å². The first kappa shape index (κ1) is 14.9. The first-order chi connectivity index (χ1) is 9.83. The van der Waals surface area contributed by atoms with Gasteiger partial charge in [-0.15, -0.1) is 0 Å². The van der Waals surface area contributed by atoms with E-state index in [1.165, 1.54) is 12.8 Å². The van der Waals surface area contributed by atoms with Gasteiger partial charge in [0, 0.05) is 11.1 Å². The lowest BCUT2D eigenvalue weighted by Crippen LogP contribution is -2.47. The summed E-state index contributed by atoms with van der Waals surface area (Å²) in [5, 5.41) is 4.01. The van der Waals surface area contributed by atoms with Crippen molar-refractivity contribution in [2.75, 3.05) is 0 Å². The summed E-state index contributed by atoms with van der Waals surface area (Å²) in [5.41, 5.74) is 1.60. The number of hydrogen-bond acceptors (Lipinski definition) is 1. The molecule has 2 aliphatic carbocycles. The first-order valence-electron chi connectivity index (χ1n) is 7.87. The van der Waals surface area contributed by atoms with Crippen LogP contribution in [0.4, 0.5) is 0 Å². The number of fused-ring (bicyclic) bond motifs is 2.